The highest BCUT2D eigenvalue weighted by atomic mass is 32.2. The van der Waals surface area contributed by atoms with Gasteiger partial charge in [0.25, 0.3) is 0 Å². The van der Waals surface area contributed by atoms with Gasteiger partial charge in [0.2, 0.25) is 15.9 Å². The number of oxazole rings is 1. The van der Waals surface area contributed by atoms with E-state index >= 15 is 0 Å². The van der Waals surface area contributed by atoms with Crippen molar-refractivity contribution in [2.75, 3.05) is 0 Å². The van der Waals surface area contributed by atoms with Crippen molar-refractivity contribution in [1.29, 1.82) is 0 Å². The Labute approximate surface area is 133 Å². The molecule has 0 bridgehead atoms. The standard InChI is InChI=1S/C16H14N2O4S/c17-23(20,21)13-8-6-12(7-9-13)16-15(18-14(10-19)22-16)11-4-2-1-3-5-11/h1-9,19H,10H2,(H2,17,20,21). The van der Waals surface area contributed by atoms with Crippen molar-refractivity contribution in [3.63, 3.8) is 0 Å². The van der Waals surface area contributed by atoms with Crippen LogP contribution in [0, 0.1) is 0 Å². The Morgan fingerprint density at radius 3 is 2.22 bits per heavy atom. The summed E-state index contributed by atoms with van der Waals surface area (Å²) in [5.41, 5.74) is 2.06. The van der Waals surface area contributed by atoms with Crippen LogP contribution in [0.4, 0.5) is 0 Å². The van der Waals surface area contributed by atoms with Gasteiger partial charge in [-0.3, -0.25) is 0 Å². The molecule has 118 valence electrons. The molecule has 0 saturated heterocycles. The molecule has 6 nitrogen and oxygen atoms in total. The molecular formula is C16H14N2O4S. The number of nitrogens with two attached hydrogens (primary N) is 1. The molecule has 1 aromatic heterocycles. The molecule has 0 saturated carbocycles. The van der Waals surface area contributed by atoms with E-state index in [1.54, 1.807) is 12.1 Å². The summed E-state index contributed by atoms with van der Waals surface area (Å²) in [6.07, 6.45) is 0. The Balaban J connectivity index is 2.11. The van der Waals surface area contributed by atoms with Gasteiger partial charge in [-0.25, -0.2) is 18.5 Å². The maximum Gasteiger partial charge on any atom is 0.238 e. The van der Waals surface area contributed by atoms with E-state index in [-0.39, 0.29) is 17.4 Å². The molecule has 0 aliphatic heterocycles. The predicted molar refractivity (Wildman–Crippen MR) is 84.7 cm³/mol. The number of aliphatic hydroxyl groups excluding tert-OH is 1. The number of nitrogens with zero attached hydrogens (tertiary/aromatic N) is 1. The zero-order valence-electron chi connectivity index (χ0n) is 12.0. The minimum atomic E-state index is -3.75. The van der Waals surface area contributed by atoms with E-state index in [2.05, 4.69) is 4.98 Å². The van der Waals surface area contributed by atoms with E-state index < -0.39 is 10.0 Å². The molecule has 7 heteroatoms. The van der Waals surface area contributed by atoms with Crippen LogP contribution in [-0.4, -0.2) is 18.5 Å². The minimum absolute atomic E-state index is 0.0180. The van der Waals surface area contributed by atoms with Crippen molar-refractivity contribution >= 4 is 10.0 Å². The highest BCUT2D eigenvalue weighted by molar-refractivity contribution is 7.89. The van der Waals surface area contributed by atoms with E-state index in [1.807, 2.05) is 30.3 Å². The Kier molecular flexibility index (Phi) is 3.99. The SMILES string of the molecule is NS(=O)(=O)c1ccc(-c2oc(CO)nc2-c2ccccc2)cc1. The highest BCUT2D eigenvalue weighted by Gasteiger charge is 2.17. The molecule has 3 aromatic rings. The molecule has 0 atom stereocenters. The van der Waals surface area contributed by atoms with Crippen LogP contribution in [0.2, 0.25) is 0 Å². The summed E-state index contributed by atoms with van der Waals surface area (Å²) in [4.78, 5) is 4.30. The van der Waals surface area contributed by atoms with Gasteiger partial charge >= 0.3 is 0 Å². The van der Waals surface area contributed by atoms with Crippen LogP contribution >= 0.6 is 0 Å². The minimum Gasteiger partial charge on any atom is -0.437 e. The molecular weight excluding hydrogens is 316 g/mol. The third kappa shape index (κ3) is 3.16. The molecule has 2 aromatic carbocycles. The number of hydrogen-bond donors (Lipinski definition) is 2. The molecule has 0 radical (unpaired) electrons. The lowest BCUT2D eigenvalue weighted by molar-refractivity contribution is 0.241. The fourth-order valence-corrected chi connectivity index (χ4v) is 2.73. The quantitative estimate of drug-likeness (QED) is 0.762. The van der Waals surface area contributed by atoms with Crippen molar-refractivity contribution in [3.05, 3.63) is 60.5 Å². The first-order chi connectivity index (χ1) is 11.0. The first kappa shape index (κ1) is 15.4. The number of benzene rings is 2. The zero-order valence-corrected chi connectivity index (χ0v) is 12.8. The van der Waals surface area contributed by atoms with E-state index in [9.17, 15) is 13.5 Å². The monoisotopic (exact) mass is 330 g/mol. The third-order valence-corrected chi connectivity index (χ3v) is 4.23. The predicted octanol–water partition coefficient (Wildman–Crippen LogP) is 2.15. The summed E-state index contributed by atoms with van der Waals surface area (Å²) in [5, 5.41) is 14.4. The van der Waals surface area contributed by atoms with Gasteiger partial charge in [0, 0.05) is 11.1 Å². The lowest BCUT2D eigenvalue weighted by Gasteiger charge is -2.03. The van der Waals surface area contributed by atoms with Crippen LogP contribution in [0.25, 0.3) is 22.6 Å². The van der Waals surface area contributed by atoms with Gasteiger partial charge in [-0.2, -0.15) is 0 Å². The van der Waals surface area contributed by atoms with Crippen LogP contribution in [0.3, 0.4) is 0 Å². The molecule has 0 aliphatic carbocycles. The van der Waals surface area contributed by atoms with E-state index in [4.69, 9.17) is 9.56 Å². The molecule has 0 fully saturated rings. The first-order valence-corrected chi connectivity index (χ1v) is 8.33. The van der Waals surface area contributed by atoms with Crippen LogP contribution < -0.4 is 5.14 Å². The smallest absolute Gasteiger partial charge is 0.238 e. The largest absolute Gasteiger partial charge is 0.437 e. The van der Waals surface area contributed by atoms with Gasteiger partial charge in [0.05, 0.1) is 4.90 Å². The second-order valence-electron chi connectivity index (χ2n) is 4.88. The maximum atomic E-state index is 11.3. The van der Waals surface area contributed by atoms with Crippen LogP contribution in [-0.2, 0) is 16.6 Å². The average molecular weight is 330 g/mol. The topological polar surface area (TPSA) is 106 Å². The summed E-state index contributed by atoms with van der Waals surface area (Å²) in [7, 11) is -3.75. The zero-order chi connectivity index (χ0) is 16.4. The number of rotatable bonds is 4. The molecule has 1 heterocycles. The van der Waals surface area contributed by atoms with Crippen LogP contribution in [0.1, 0.15) is 5.89 Å². The molecule has 0 spiro atoms. The van der Waals surface area contributed by atoms with E-state index in [0.717, 1.165) is 5.56 Å². The average Bonchev–Trinajstić information content (AvgIpc) is 2.99. The van der Waals surface area contributed by atoms with Crippen molar-refractivity contribution in [1.82, 2.24) is 4.98 Å². The summed E-state index contributed by atoms with van der Waals surface area (Å²) in [5.74, 6) is 0.649. The number of hydrogen-bond acceptors (Lipinski definition) is 5. The van der Waals surface area contributed by atoms with E-state index in [0.29, 0.717) is 17.0 Å². The van der Waals surface area contributed by atoms with Gasteiger partial charge in [0.1, 0.15) is 12.3 Å². The van der Waals surface area contributed by atoms with Crippen molar-refractivity contribution in [3.8, 4) is 22.6 Å². The Morgan fingerprint density at radius 2 is 1.65 bits per heavy atom. The first-order valence-electron chi connectivity index (χ1n) is 6.78. The van der Waals surface area contributed by atoms with Crippen LogP contribution in [0.5, 0.6) is 0 Å². The summed E-state index contributed by atoms with van der Waals surface area (Å²) in [6.45, 7) is -0.324. The van der Waals surface area contributed by atoms with Gasteiger partial charge < -0.3 is 9.52 Å². The van der Waals surface area contributed by atoms with Gasteiger partial charge in [0.15, 0.2) is 5.76 Å². The van der Waals surface area contributed by atoms with Crippen molar-refractivity contribution < 1.29 is 17.9 Å². The van der Waals surface area contributed by atoms with Crippen molar-refractivity contribution in [2.45, 2.75) is 11.5 Å². The molecule has 3 rings (SSSR count). The molecule has 0 unspecified atom stereocenters. The lowest BCUT2D eigenvalue weighted by Crippen LogP contribution is -2.11. The molecule has 3 N–H and O–H groups in total. The van der Waals surface area contributed by atoms with Crippen LogP contribution in [0.15, 0.2) is 63.9 Å². The number of aliphatic hydroxyl groups is 1. The second kappa shape index (κ2) is 5.96. The molecule has 23 heavy (non-hydrogen) atoms. The molecule has 0 aliphatic rings. The number of sulfonamides is 1. The van der Waals surface area contributed by atoms with Gasteiger partial charge in [-0.15, -0.1) is 0 Å². The summed E-state index contributed by atoms with van der Waals surface area (Å²) in [6, 6.07) is 15.4. The highest BCUT2D eigenvalue weighted by Crippen LogP contribution is 2.33. The second-order valence-corrected chi connectivity index (χ2v) is 6.44. The maximum absolute atomic E-state index is 11.3. The third-order valence-electron chi connectivity index (χ3n) is 3.30. The fraction of sp³-hybridized carbons (Fsp3) is 0.0625. The summed E-state index contributed by atoms with van der Waals surface area (Å²) < 4.78 is 28.2. The Morgan fingerprint density at radius 1 is 1.00 bits per heavy atom. The van der Waals surface area contributed by atoms with E-state index in [1.165, 1.54) is 12.1 Å². The van der Waals surface area contributed by atoms with Crippen molar-refractivity contribution in [2.24, 2.45) is 5.14 Å². The number of aromatic nitrogens is 1. The number of primary sulfonamides is 1. The van der Waals surface area contributed by atoms with Gasteiger partial charge in [-0.05, 0) is 24.3 Å². The lowest BCUT2D eigenvalue weighted by atomic mass is 10.1. The summed E-state index contributed by atoms with van der Waals surface area (Å²) >= 11 is 0. The Bertz CT molecular complexity index is 916. The Hall–Kier alpha value is -2.48. The molecule has 0 amide bonds. The van der Waals surface area contributed by atoms with Gasteiger partial charge in [-0.1, -0.05) is 30.3 Å². The fourth-order valence-electron chi connectivity index (χ4n) is 2.22. The normalized spacial score (nSPS) is 11.6.